The number of aliphatic hydroxyl groups excluding tert-OH is 1. The van der Waals surface area contributed by atoms with Crippen LogP contribution in [0.4, 0.5) is 0 Å². The van der Waals surface area contributed by atoms with Crippen molar-refractivity contribution >= 4 is 11.0 Å². The van der Waals surface area contributed by atoms with E-state index in [-0.39, 0.29) is 0 Å². The van der Waals surface area contributed by atoms with Crippen molar-refractivity contribution in [2.75, 3.05) is 6.54 Å². The Labute approximate surface area is 126 Å². The number of aromatic nitrogens is 2. The SMILES string of the molecule is C=C1C(O)CN(Cc2ccccc2-c2cnn(C)c2)S1=O. The van der Waals surface area contributed by atoms with Crippen molar-refractivity contribution in [3.63, 3.8) is 0 Å². The van der Waals surface area contributed by atoms with Crippen LogP contribution in [0.15, 0.2) is 48.1 Å². The molecule has 6 heteroatoms. The summed E-state index contributed by atoms with van der Waals surface area (Å²) in [4.78, 5) is 0.383. The minimum absolute atomic E-state index is 0.354. The van der Waals surface area contributed by atoms with Crippen LogP contribution in [0.25, 0.3) is 11.1 Å². The second-order valence-corrected chi connectivity index (χ2v) is 6.65. The molecule has 110 valence electrons. The average Bonchev–Trinajstić information content (AvgIpc) is 3.00. The maximum atomic E-state index is 12.1. The lowest BCUT2D eigenvalue weighted by molar-refractivity contribution is 0.201. The molecule has 1 aromatic carbocycles. The van der Waals surface area contributed by atoms with E-state index >= 15 is 0 Å². The molecule has 0 saturated carbocycles. The summed E-state index contributed by atoms with van der Waals surface area (Å²) in [6, 6.07) is 7.96. The molecule has 1 aliphatic rings. The van der Waals surface area contributed by atoms with Gasteiger partial charge in [0.25, 0.3) is 0 Å². The van der Waals surface area contributed by atoms with Gasteiger partial charge >= 0.3 is 0 Å². The number of benzene rings is 1. The van der Waals surface area contributed by atoms with E-state index in [0.29, 0.717) is 18.0 Å². The van der Waals surface area contributed by atoms with E-state index in [1.807, 2.05) is 43.7 Å². The molecule has 2 unspecified atom stereocenters. The largest absolute Gasteiger partial charge is 0.386 e. The van der Waals surface area contributed by atoms with Crippen molar-refractivity contribution < 1.29 is 9.32 Å². The van der Waals surface area contributed by atoms with Crippen LogP contribution in [0.5, 0.6) is 0 Å². The molecular weight excluding hydrogens is 286 g/mol. The first-order valence-corrected chi connectivity index (χ1v) is 7.77. The highest BCUT2D eigenvalue weighted by atomic mass is 32.2. The number of β-amino-alcohol motifs (C(OH)–C–C–N with tert-alkyl or cyclic N) is 1. The Morgan fingerprint density at radius 3 is 2.86 bits per heavy atom. The smallest absolute Gasteiger partial charge is 0.125 e. The summed E-state index contributed by atoms with van der Waals surface area (Å²) in [5.74, 6) is 0. The summed E-state index contributed by atoms with van der Waals surface area (Å²) in [5, 5.41) is 14.0. The maximum Gasteiger partial charge on any atom is 0.125 e. The number of hydrogen-bond acceptors (Lipinski definition) is 3. The predicted molar refractivity (Wildman–Crippen MR) is 82.3 cm³/mol. The molecule has 2 atom stereocenters. The summed E-state index contributed by atoms with van der Waals surface area (Å²) in [5.41, 5.74) is 3.15. The zero-order valence-corrected chi connectivity index (χ0v) is 12.6. The molecule has 2 heterocycles. The average molecular weight is 303 g/mol. The fraction of sp³-hybridized carbons (Fsp3) is 0.267. The molecule has 0 radical (unpaired) electrons. The van der Waals surface area contributed by atoms with Crippen LogP contribution in [0, 0.1) is 0 Å². The molecule has 1 fully saturated rings. The van der Waals surface area contributed by atoms with Gasteiger partial charge in [-0.3, -0.25) is 4.68 Å². The molecule has 0 spiro atoms. The second kappa shape index (κ2) is 5.55. The van der Waals surface area contributed by atoms with Crippen LogP contribution in [-0.2, 0) is 24.6 Å². The maximum absolute atomic E-state index is 12.1. The Morgan fingerprint density at radius 1 is 1.48 bits per heavy atom. The predicted octanol–water partition coefficient (Wildman–Crippen LogP) is 1.44. The van der Waals surface area contributed by atoms with E-state index in [1.54, 1.807) is 8.99 Å². The van der Waals surface area contributed by atoms with Crippen molar-refractivity contribution in [2.24, 2.45) is 7.05 Å². The number of aryl methyl sites for hydroxylation is 1. The van der Waals surface area contributed by atoms with Gasteiger partial charge in [0.15, 0.2) is 0 Å². The van der Waals surface area contributed by atoms with Crippen LogP contribution >= 0.6 is 0 Å². The van der Waals surface area contributed by atoms with Crippen LogP contribution < -0.4 is 0 Å². The van der Waals surface area contributed by atoms with Crippen LogP contribution in [0.1, 0.15) is 5.56 Å². The highest BCUT2D eigenvalue weighted by Gasteiger charge is 2.32. The van der Waals surface area contributed by atoms with Crippen molar-refractivity contribution in [1.82, 2.24) is 14.1 Å². The molecule has 1 N–H and O–H groups in total. The third kappa shape index (κ3) is 2.70. The number of aliphatic hydroxyl groups is 1. The quantitative estimate of drug-likeness (QED) is 0.933. The van der Waals surface area contributed by atoms with Gasteiger partial charge in [0.2, 0.25) is 0 Å². The van der Waals surface area contributed by atoms with E-state index in [1.165, 1.54) is 0 Å². The molecule has 2 aromatic rings. The summed E-state index contributed by atoms with van der Waals surface area (Å²) < 4.78 is 15.6. The van der Waals surface area contributed by atoms with Gasteiger partial charge in [-0.1, -0.05) is 30.8 Å². The van der Waals surface area contributed by atoms with Crippen LogP contribution in [-0.4, -0.2) is 36.0 Å². The minimum Gasteiger partial charge on any atom is -0.386 e. The zero-order chi connectivity index (χ0) is 15.0. The summed E-state index contributed by atoms with van der Waals surface area (Å²) in [6.07, 6.45) is 3.05. The first-order valence-electron chi connectivity index (χ1n) is 6.67. The van der Waals surface area contributed by atoms with Crippen LogP contribution in [0.2, 0.25) is 0 Å². The third-order valence-electron chi connectivity index (χ3n) is 3.59. The fourth-order valence-electron chi connectivity index (χ4n) is 2.46. The van der Waals surface area contributed by atoms with Gasteiger partial charge in [0.1, 0.15) is 17.1 Å². The molecule has 1 saturated heterocycles. The van der Waals surface area contributed by atoms with E-state index in [0.717, 1.165) is 16.7 Å². The summed E-state index contributed by atoms with van der Waals surface area (Å²) in [6.45, 7) is 4.55. The summed E-state index contributed by atoms with van der Waals surface area (Å²) >= 11 is 0. The van der Waals surface area contributed by atoms with Crippen molar-refractivity contribution in [2.45, 2.75) is 12.6 Å². The fourth-order valence-corrected chi connectivity index (χ4v) is 3.63. The lowest BCUT2D eigenvalue weighted by Gasteiger charge is -2.15. The van der Waals surface area contributed by atoms with Gasteiger partial charge in [0, 0.05) is 31.9 Å². The standard InChI is InChI=1S/C15H17N3O2S/c1-11-15(19)10-18(21(11)20)9-12-5-3-4-6-14(12)13-7-16-17(2)8-13/h3-8,15,19H,1,9-10H2,2H3. The molecule has 3 rings (SSSR count). The third-order valence-corrected chi connectivity index (χ3v) is 5.05. The van der Waals surface area contributed by atoms with Gasteiger partial charge < -0.3 is 5.11 Å². The van der Waals surface area contributed by atoms with Gasteiger partial charge in [-0.15, -0.1) is 0 Å². The lowest BCUT2D eigenvalue weighted by atomic mass is 10.0. The first-order chi connectivity index (χ1) is 10.1. The molecular formula is C15H17N3O2S. The first kappa shape index (κ1) is 14.2. The molecule has 1 aromatic heterocycles. The van der Waals surface area contributed by atoms with Gasteiger partial charge in [-0.2, -0.15) is 5.10 Å². The van der Waals surface area contributed by atoms with Crippen LogP contribution in [0.3, 0.4) is 0 Å². The zero-order valence-electron chi connectivity index (χ0n) is 11.8. The Balaban J connectivity index is 1.90. The van der Waals surface area contributed by atoms with E-state index in [4.69, 9.17) is 0 Å². The number of nitrogens with zero attached hydrogens (tertiary/aromatic N) is 3. The van der Waals surface area contributed by atoms with E-state index in [9.17, 15) is 9.32 Å². The minimum atomic E-state index is -1.33. The monoisotopic (exact) mass is 303 g/mol. The molecule has 0 bridgehead atoms. The summed E-state index contributed by atoms with van der Waals surface area (Å²) in [7, 11) is 0.550. The van der Waals surface area contributed by atoms with Crippen molar-refractivity contribution in [1.29, 1.82) is 0 Å². The van der Waals surface area contributed by atoms with Gasteiger partial charge in [-0.25, -0.2) is 8.51 Å². The molecule has 5 nitrogen and oxygen atoms in total. The normalized spacial score (nSPS) is 22.9. The van der Waals surface area contributed by atoms with E-state index in [2.05, 4.69) is 11.7 Å². The topological polar surface area (TPSA) is 58.4 Å². The molecule has 0 amide bonds. The highest BCUT2D eigenvalue weighted by Crippen LogP contribution is 2.28. The lowest BCUT2D eigenvalue weighted by Crippen LogP contribution is -2.22. The Kier molecular flexibility index (Phi) is 3.75. The number of hydrogen-bond donors (Lipinski definition) is 1. The Bertz CT molecular complexity index is 710. The highest BCUT2D eigenvalue weighted by molar-refractivity contribution is 7.87. The van der Waals surface area contributed by atoms with E-state index < -0.39 is 17.1 Å². The molecule has 0 aliphatic carbocycles. The van der Waals surface area contributed by atoms with Crippen molar-refractivity contribution in [3.05, 3.63) is 53.7 Å². The Morgan fingerprint density at radius 2 is 2.24 bits per heavy atom. The van der Waals surface area contributed by atoms with Gasteiger partial charge in [-0.05, 0) is 11.1 Å². The second-order valence-electron chi connectivity index (χ2n) is 5.11. The molecule has 21 heavy (non-hydrogen) atoms. The number of rotatable bonds is 3. The Hall–Kier alpha value is -1.76. The molecule has 1 aliphatic heterocycles. The van der Waals surface area contributed by atoms with Gasteiger partial charge in [0.05, 0.1) is 11.1 Å². The van der Waals surface area contributed by atoms with Crippen molar-refractivity contribution in [3.8, 4) is 11.1 Å².